The van der Waals surface area contributed by atoms with Crippen LogP contribution in [0.5, 0.6) is 0 Å². The molecule has 16 bridgehead atoms. The third kappa shape index (κ3) is 15.5. The van der Waals surface area contributed by atoms with Gasteiger partial charge in [-0.25, -0.2) is 0 Å². The summed E-state index contributed by atoms with van der Waals surface area (Å²) in [6.45, 7) is 72.4. The predicted octanol–water partition coefficient (Wildman–Crippen LogP) is 28.7. The average molecular weight is 1250 g/mol. The van der Waals surface area contributed by atoms with Gasteiger partial charge in [0.15, 0.2) is 0 Å². The second-order valence-corrected chi connectivity index (χ2v) is 46.8. The average Bonchev–Trinajstić information content (AvgIpc) is 1.41. The van der Waals surface area contributed by atoms with Crippen LogP contribution in [0.25, 0.3) is 0 Å². The van der Waals surface area contributed by atoms with E-state index < -0.39 is 0 Å². The van der Waals surface area contributed by atoms with Crippen molar-refractivity contribution in [3.8, 4) is 0 Å². The minimum absolute atomic E-state index is 0.623. The maximum absolute atomic E-state index is 2.58. The van der Waals surface area contributed by atoms with E-state index in [1.165, 1.54) is 173 Å². The normalized spacial score (nSPS) is 53.8. The van der Waals surface area contributed by atoms with Crippen LogP contribution < -0.4 is 0 Å². The van der Waals surface area contributed by atoms with E-state index >= 15 is 0 Å². The van der Waals surface area contributed by atoms with E-state index in [-0.39, 0.29) is 0 Å². The van der Waals surface area contributed by atoms with Crippen molar-refractivity contribution in [1.82, 2.24) is 0 Å². The summed E-state index contributed by atoms with van der Waals surface area (Å²) < 4.78 is 0. The lowest BCUT2D eigenvalue weighted by Crippen LogP contribution is -2.56. The van der Waals surface area contributed by atoms with Gasteiger partial charge in [-0.1, -0.05) is 201 Å². The summed E-state index contributed by atoms with van der Waals surface area (Å²) in [6.07, 6.45) is 45.1. The van der Waals surface area contributed by atoms with Crippen LogP contribution in [0.2, 0.25) is 0 Å². The third-order valence-corrected chi connectivity index (χ3v) is 32.3. The van der Waals surface area contributed by atoms with Gasteiger partial charge >= 0.3 is 0 Å². The highest BCUT2D eigenvalue weighted by molar-refractivity contribution is 5.17. The number of fused-ring (bicyclic) bond motifs is 8. The molecule has 0 heterocycles. The Kier molecular flexibility index (Phi) is 20.9. The first-order valence-electron chi connectivity index (χ1n) is 41.0. The first kappa shape index (κ1) is 74.2. The highest BCUT2D eigenvalue weighted by Gasteiger charge is 2.67. The molecule has 0 heteroatoms. The SMILES string of the molecule is CC(C)C12CC3(C)CC1CC(C)(C3)C2.CC(C)C12CC3CC(C)(CC(C)(C3)C1)C2.CC1CC2(C)CC(C(C)C)CC(C)(C1)C2.CC1CC2(C)CC(C(C)C)CC(C)(C1)C2.CC1CC2(C)CC(C)CC(C(C)C)(C1)C2.CC1CC2(C)CC(C)CC(C)(C1)C2C(C)C. The Morgan fingerprint density at radius 3 is 0.789 bits per heavy atom. The van der Waals surface area contributed by atoms with Gasteiger partial charge < -0.3 is 0 Å². The van der Waals surface area contributed by atoms with Crippen molar-refractivity contribution in [2.75, 3.05) is 0 Å². The molecule has 0 radical (unpaired) electrons. The van der Waals surface area contributed by atoms with Crippen LogP contribution in [0.1, 0.15) is 393 Å². The Labute approximate surface area is 566 Å². The Hall–Kier alpha value is 0. The van der Waals surface area contributed by atoms with E-state index in [2.05, 4.69) is 201 Å². The van der Waals surface area contributed by atoms with E-state index in [9.17, 15) is 0 Å². The summed E-state index contributed by atoms with van der Waals surface area (Å²) in [5.74, 6) is 16.1. The van der Waals surface area contributed by atoms with E-state index in [1.807, 2.05) is 0 Å². The maximum atomic E-state index is 2.58. The Bertz CT molecular complexity index is 2170. The second kappa shape index (κ2) is 25.3. The molecule has 16 aliphatic rings. The second-order valence-electron chi connectivity index (χ2n) is 46.8. The Balaban J connectivity index is 0.000000128. The van der Waals surface area contributed by atoms with Crippen LogP contribution in [-0.2, 0) is 0 Å². The van der Waals surface area contributed by atoms with Crippen molar-refractivity contribution in [3.05, 3.63) is 0 Å². The van der Waals surface area contributed by atoms with Crippen LogP contribution in [0.3, 0.4) is 0 Å². The summed E-state index contributed by atoms with van der Waals surface area (Å²) in [5.41, 5.74) is 9.60. The van der Waals surface area contributed by atoms with Gasteiger partial charge in [0.05, 0.1) is 0 Å². The zero-order valence-corrected chi connectivity index (χ0v) is 67.0. The monoisotopic (exact) mass is 1250 g/mol. The molecule has 0 N–H and O–H groups in total. The maximum Gasteiger partial charge on any atom is -0.0235 e. The van der Waals surface area contributed by atoms with E-state index in [4.69, 9.17) is 0 Å². The molecule has 16 saturated carbocycles. The molecule has 16 fully saturated rings. The Morgan fingerprint density at radius 2 is 0.511 bits per heavy atom. The molecule has 0 aromatic heterocycles. The van der Waals surface area contributed by atoms with Crippen LogP contribution >= 0.6 is 0 Å². The molecule has 10 atom stereocenters. The lowest BCUT2D eigenvalue weighted by Gasteiger charge is -2.67. The van der Waals surface area contributed by atoms with E-state index in [1.54, 1.807) is 19.3 Å². The van der Waals surface area contributed by atoms with Gasteiger partial charge in [-0.2, -0.15) is 0 Å². The first-order valence-corrected chi connectivity index (χ1v) is 41.0. The van der Waals surface area contributed by atoms with Gasteiger partial charge in [0.1, 0.15) is 0 Å². The molecule has 90 heavy (non-hydrogen) atoms. The van der Waals surface area contributed by atoms with Crippen LogP contribution in [-0.4, -0.2) is 0 Å². The lowest BCUT2D eigenvalue weighted by atomic mass is 9.38. The molecule has 0 amide bonds. The van der Waals surface area contributed by atoms with E-state index in [0.717, 1.165) is 122 Å². The summed E-state index contributed by atoms with van der Waals surface area (Å²) in [4.78, 5) is 0. The summed E-state index contributed by atoms with van der Waals surface area (Å²) in [7, 11) is 0. The van der Waals surface area contributed by atoms with Crippen molar-refractivity contribution in [2.45, 2.75) is 393 Å². The van der Waals surface area contributed by atoms with Crippen LogP contribution in [0.4, 0.5) is 0 Å². The molecule has 0 aromatic carbocycles. The first-order chi connectivity index (χ1) is 41.0. The van der Waals surface area contributed by atoms with Gasteiger partial charge in [-0.05, 0) is 369 Å². The molecule has 0 saturated heterocycles. The zero-order valence-electron chi connectivity index (χ0n) is 67.0. The van der Waals surface area contributed by atoms with Gasteiger partial charge in [0, 0.05) is 0 Å². The van der Waals surface area contributed by atoms with E-state index in [0.29, 0.717) is 54.1 Å². The molecule has 0 nitrogen and oxygen atoms in total. The lowest BCUT2D eigenvalue weighted by molar-refractivity contribution is -0.162. The fraction of sp³-hybridized carbons (Fsp3) is 1.00. The molecule has 0 aromatic rings. The molecular weight excluding hydrogens is 1080 g/mol. The summed E-state index contributed by atoms with van der Waals surface area (Å²) >= 11 is 0. The minimum Gasteiger partial charge on any atom is -0.0625 e. The largest absolute Gasteiger partial charge is 0.0625 e. The van der Waals surface area contributed by atoms with Crippen LogP contribution in [0, 0.1) is 176 Å². The highest BCUT2D eigenvalue weighted by atomic mass is 14.7. The fourth-order valence-electron chi connectivity index (χ4n) is 33.9. The van der Waals surface area contributed by atoms with Gasteiger partial charge in [0.25, 0.3) is 0 Å². The van der Waals surface area contributed by atoms with Gasteiger partial charge in [-0.3, -0.25) is 0 Å². The molecule has 0 aliphatic heterocycles. The molecule has 16 rings (SSSR count). The number of hydrogen-bond donors (Lipinski definition) is 0. The Morgan fingerprint density at radius 1 is 0.233 bits per heavy atom. The quantitative estimate of drug-likeness (QED) is 0.249. The molecule has 524 valence electrons. The number of rotatable bonds is 6. The molecular formula is C90H164. The predicted molar refractivity (Wildman–Crippen MR) is 396 cm³/mol. The molecule has 16 aliphatic carbocycles. The standard InChI is InChI=1S/C16H30.C15H26.3C15H28.C14H24/c1-11(2)14-15(5)7-12(3)8-16(14,6)10-13(4)9-15;1-11(2)15-7-12-5-13(3,9-15)8-14(4,6-12)10-15;1-11(2)15-8-12(3)6-14(5,10-15)7-13(4)9-15;2*1-11(2)13-8-14(4)6-12(3)7-15(5,9-13)10-14;1-10(2)14-8-12(3)5-11(14)6-13(4,7-12)9-14/h11-14H,7-10H2,1-6H3;11-12H,5-10H2,1-4H3;3*11-13H,6-10H2,1-5H3;10-11H,5-9H2,1-4H3. The minimum atomic E-state index is 0.623. The topological polar surface area (TPSA) is 0 Å². The highest BCUT2D eigenvalue weighted by Crippen LogP contribution is 2.77. The van der Waals surface area contributed by atoms with Crippen molar-refractivity contribution >= 4 is 0 Å². The van der Waals surface area contributed by atoms with Crippen molar-refractivity contribution < 1.29 is 0 Å². The summed E-state index contributed by atoms with van der Waals surface area (Å²) in [6, 6.07) is 0. The van der Waals surface area contributed by atoms with Gasteiger partial charge in [0.2, 0.25) is 0 Å². The fourth-order valence-corrected chi connectivity index (χ4v) is 33.9. The summed E-state index contributed by atoms with van der Waals surface area (Å²) in [5, 5.41) is 0. The van der Waals surface area contributed by atoms with Crippen molar-refractivity contribution in [2.24, 2.45) is 176 Å². The third-order valence-electron chi connectivity index (χ3n) is 32.3. The van der Waals surface area contributed by atoms with Gasteiger partial charge in [-0.15, -0.1) is 0 Å². The number of hydrogen-bond acceptors (Lipinski definition) is 0. The van der Waals surface area contributed by atoms with Crippen molar-refractivity contribution in [3.63, 3.8) is 0 Å². The van der Waals surface area contributed by atoms with Crippen molar-refractivity contribution in [1.29, 1.82) is 0 Å². The smallest absolute Gasteiger partial charge is 0.0235 e. The van der Waals surface area contributed by atoms with Crippen LogP contribution in [0.15, 0.2) is 0 Å². The zero-order chi connectivity index (χ0) is 67.0. The molecule has 10 unspecified atom stereocenters. The molecule has 0 spiro atoms.